The number of aryl methyl sites for hydroxylation is 3. The van der Waals surface area contributed by atoms with Crippen LogP contribution in [0.1, 0.15) is 36.8 Å². The van der Waals surface area contributed by atoms with Gasteiger partial charge >= 0.3 is 0 Å². The van der Waals surface area contributed by atoms with Crippen molar-refractivity contribution in [2.75, 3.05) is 18.4 Å². The minimum atomic E-state index is -3.80. The normalized spacial score (nSPS) is 17.1. The lowest BCUT2D eigenvalue weighted by Gasteiger charge is -2.31. The van der Waals surface area contributed by atoms with Crippen LogP contribution in [0.15, 0.2) is 51.9 Å². The highest BCUT2D eigenvalue weighted by molar-refractivity contribution is 7.89. The van der Waals surface area contributed by atoms with Crippen LogP contribution in [-0.2, 0) is 21.2 Å². The molecule has 1 N–H and O–H groups in total. The summed E-state index contributed by atoms with van der Waals surface area (Å²) in [5.41, 5.74) is 3.10. The Morgan fingerprint density at radius 2 is 1.94 bits per heavy atom. The molecule has 9 heteroatoms. The Morgan fingerprint density at radius 1 is 1.18 bits per heavy atom. The Kier molecular flexibility index (Phi) is 6.62. The first-order chi connectivity index (χ1) is 15.8. The number of hydrogen-bond donors (Lipinski definition) is 1. The van der Waals surface area contributed by atoms with E-state index in [4.69, 9.17) is 4.52 Å². The maximum Gasteiger partial charge on any atom is 0.243 e. The molecule has 4 rings (SSSR count). The van der Waals surface area contributed by atoms with Gasteiger partial charge in [-0.3, -0.25) is 4.79 Å². The van der Waals surface area contributed by atoms with Crippen LogP contribution in [0.25, 0.3) is 11.4 Å². The van der Waals surface area contributed by atoms with Crippen molar-refractivity contribution >= 4 is 21.6 Å². The smallest absolute Gasteiger partial charge is 0.243 e. The monoisotopic (exact) mass is 468 g/mol. The first-order valence-electron chi connectivity index (χ1n) is 11.1. The van der Waals surface area contributed by atoms with Crippen LogP contribution in [0, 0.1) is 19.8 Å². The fourth-order valence-corrected chi connectivity index (χ4v) is 5.79. The number of nitrogens with one attached hydrogen (secondary N) is 1. The van der Waals surface area contributed by atoms with E-state index in [-0.39, 0.29) is 17.3 Å². The van der Waals surface area contributed by atoms with E-state index in [1.165, 1.54) is 9.87 Å². The molecular formula is C24H28N4O4S. The second-order valence-electron chi connectivity index (χ2n) is 8.36. The van der Waals surface area contributed by atoms with E-state index in [2.05, 4.69) is 22.4 Å². The van der Waals surface area contributed by atoms with Gasteiger partial charge in [-0.2, -0.15) is 9.29 Å². The molecule has 0 radical (unpaired) electrons. The number of nitrogens with zero attached hydrogens (tertiary/aromatic N) is 3. The van der Waals surface area contributed by atoms with Gasteiger partial charge in [0.05, 0.1) is 10.8 Å². The molecule has 1 saturated heterocycles. The standard InChI is InChI=1S/C24H28N4O4S/c1-4-18-8-11-21(12-9-18)26-24(29)20-6-5-13-28(15-20)33(30,31)22-14-19(10-7-16(22)2)23-25-17(3)32-27-23/h7-12,14,20H,4-6,13,15H2,1-3H3,(H,26,29)/t20-/m1/s1. The van der Waals surface area contributed by atoms with Gasteiger partial charge in [-0.15, -0.1) is 0 Å². The molecule has 0 bridgehead atoms. The number of carbonyl (C=O) groups excluding carboxylic acids is 1. The quantitative estimate of drug-likeness (QED) is 0.587. The zero-order valence-electron chi connectivity index (χ0n) is 19.0. The molecule has 33 heavy (non-hydrogen) atoms. The third-order valence-corrected chi connectivity index (χ3v) is 7.98. The van der Waals surface area contributed by atoms with Crippen LogP contribution in [0.4, 0.5) is 5.69 Å². The largest absolute Gasteiger partial charge is 0.339 e. The molecule has 0 unspecified atom stereocenters. The molecule has 0 aliphatic carbocycles. The lowest BCUT2D eigenvalue weighted by molar-refractivity contribution is -0.120. The lowest BCUT2D eigenvalue weighted by Crippen LogP contribution is -2.43. The van der Waals surface area contributed by atoms with Gasteiger partial charge in [0.2, 0.25) is 27.6 Å². The molecule has 174 valence electrons. The number of anilines is 1. The van der Waals surface area contributed by atoms with E-state index in [0.717, 1.165) is 12.1 Å². The van der Waals surface area contributed by atoms with E-state index in [0.29, 0.717) is 42.2 Å². The number of amides is 1. The van der Waals surface area contributed by atoms with Crippen molar-refractivity contribution < 1.29 is 17.7 Å². The van der Waals surface area contributed by atoms with Crippen LogP contribution in [0.5, 0.6) is 0 Å². The predicted octanol–water partition coefficient (Wildman–Crippen LogP) is 3.96. The number of sulfonamides is 1. The zero-order chi connectivity index (χ0) is 23.6. The highest BCUT2D eigenvalue weighted by atomic mass is 32.2. The SMILES string of the molecule is CCc1ccc(NC(=O)[C@@H]2CCCN(S(=O)(=O)c3cc(-c4noc(C)n4)ccc3C)C2)cc1. The Labute approximate surface area is 194 Å². The fraction of sp³-hybridized carbons (Fsp3) is 0.375. The van der Waals surface area contributed by atoms with Crippen molar-refractivity contribution in [3.63, 3.8) is 0 Å². The average molecular weight is 469 g/mol. The van der Waals surface area contributed by atoms with Crippen LogP contribution in [0.3, 0.4) is 0 Å². The highest BCUT2D eigenvalue weighted by Gasteiger charge is 2.34. The Balaban J connectivity index is 1.52. The van der Waals surface area contributed by atoms with Gasteiger partial charge in [-0.1, -0.05) is 36.3 Å². The summed E-state index contributed by atoms with van der Waals surface area (Å²) in [5, 5.41) is 6.82. The van der Waals surface area contributed by atoms with Gasteiger partial charge in [0.15, 0.2) is 0 Å². The molecule has 2 heterocycles. The van der Waals surface area contributed by atoms with E-state index in [9.17, 15) is 13.2 Å². The molecule has 2 aromatic carbocycles. The van der Waals surface area contributed by atoms with Gasteiger partial charge < -0.3 is 9.84 Å². The van der Waals surface area contributed by atoms with Crippen molar-refractivity contribution in [1.82, 2.24) is 14.4 Å². The fourth-order valence-electron chi connectivity index (χ4n) is 4.02. The molecule has 1 fully saturated rings. The number of benzene rings is 2. The summed E-state index contributed by atoms with van der Waals surface area (Å²) < 4.78 is 33.5. The summed E-state index contributed by atoms with van der Waals surface area (Å²) >= 11 is 0. The van der Waals surface area contributed by atoms with E-state index in [1.54, 1.807) is 32.0 Å². The summed E-state index contributed by atoms with van der Waals surface area (Å²) in [7, 11) is -3.80. The maximum atomic E-state index is 13.5. The molecule has 1 aromatic heterocycles. The molecule has 3 aromatic rings. The molecule has 0 spiro atoms. The summed E-state index contributed by atoms with van der Waals surface area (Å²) in [6.07, 6.45) is 2.19. The second kappa shape index (κ2) is 9.44. The number of piperidine rings is 1. The maximum absolute atomic E-state index is 13.5. The third-order valence-electron chi connectivity index (χ3n) is 5.98. The van der Waals surface area contributed by atoms with Crippen LogP contribution in [0.2, 0.25) is 0 Å². The first-order valence-corrected chi connectivity index (χ1v) is 12.5. The van der Waals surface area contributed by atoms with E-state index in [1.807, 2.05) is 24.3 Å². The molecule has 1 amide bonds. The van der Waals surface area contributed by atoms with Crippen molar-refractivity contribution in [3.05, 3.63) is 59.5 Å². The summed E-state index contributed by atoms with van der Waals surface area (Å²) in [4.78, 5) is 17.3. The Hall–Kier alpha value is -3.04. The van der Waals surface area contributed by atoms with Gasteiger partial charge in [0.1, 0.15) is 0 Å². The molecule has 8 nitrogen and oxygen atoms in total. The molecule has 1 atom stereocenters. The average Bonchev–Trinajstić information content (AvgIpc) is 3.26. The van der Waals surface area contributed by atoms with Crippen molar-refractivity contribution in [2.45, 2.75) is 44.9 Å². The Bertz CT molecular complexity index is 1250. The van der Waals surface area contributed by atoms with Gasteiger partial charge in [0.25, 0.3) is 0 Å². The third kappa shape index (κ3) is 4.99. The molecule has 1 aliphatic rings. The number of carbonyl (C=O) groups is 1. The predicted molar refractivity (Wildman–Crippen MR) is 125 cm³/mol. The van der Waals surface area contributed by atoms with Crippen LogP contribution in [-0.4, -0.2) is 41.9 Å². The van der Waals surface area contributed by atoms with Gasteiger partial charge in [0, 0.05) is 31.3 Å². The highest BCUT2D eigenvalue weighted by Crippen LogP contribution is 2.29. The lowest BCUT2D eigenvalue weighted by atomic mass is 9.98. The Morgan fingerprint density at radius 3 is 2.61 bits per heavy atom. The molecule has 0 saturated carbocycles. The van der Waals surface area contributed by atoms with Gasteiger partial charge in [-0.05, 0) is 55.5 Å². The number of rotatable bonds is 6. The van der Waals surface area contributed by atoms with Gasteiger partial charge in [-0.25, -0.2) is 8.42 Å². The summed E-state index contributed by atoms with van der Waals surface area (Å²) in [6.45, 7) is 6.03. The van der Waals surface area contributed by atoms with E-state index < -0.39 is 15.9 Å². The molecular weight excluding hydrogens is 440 g/mol. The summed E-state index contributed by atoms with van der Waals surface area (Å²) in [5.74, 6) is 0.174. The molecule has 1 aliphatic heterocycles. The van der Waals surface area contributed by atoms with E-state index >= 15 is 0 Å². The first kappa shape index (κ1) is 23.1. The van der Waals surface area contributed by atoms with Crippen molar-refractivity contribution in [1.29, 1.82) is 0 Å². The topological polar surface area (TPSA) is 105 Å². The summed E-state index contributed by atoms with van der Waals surface area (Å²) in [6, 6.07) is 12.8. The van der Waals surface area contributed by atoms with Crippen LogP contribution >= 0.6 is 0 Å². The second-order valence-corrected chi connectivity index (χ2v) is 10.3. The van der Waals surface area contributed by atoms with Crippen LogP contribution < -0.4 is 5.32 Å². The van der Waals surface area contributed by atoms with Crippen molar-refractivity contribution in [2.24, 2.45) is 5.92 Å². The zero-order valence-corrected chi connectivity index (χ0v) is 19.9. The number of hydrogen-bond acceptors (Lipinski definition) is 6. The number of aromatic nitrogens is 2. The van der Waals surface area contributed by atoms with Crippen molar-refractivity contribution in [3.8, 4) is 11.4 Å². The minimum Gasteiger partial charge on any atom is -0.339 e. The minimum absolute atomic E-state index is 0.145.